The van der Waals surface area contributed by atoms with Crippen LogP contribution in [0.5, 0.6) is 0 Å². The third-order valence-electron chi connectivity index (χ3n) is 7.75. The van der Waals surface area contributed by atoms with Crippen LogP contribution in [0.3, 0.4) is 0 Å². The fourth-order valence-corrected chi connectivity index (χ4v) is 5.48. The van der Waals surface area contributed by atoms with E-state index in [-0.39, 0.29) is 29.9 Å². The molecule has 1 N–H and O–H groups in total. The molecule has 0 saturated carbocycles. The largest absolute Gasteiger partial charge is 0.354 e. The fourth-order valence-electron chi connectivity index (χ4n) is 5.48. The first-order chi connectivity index (χ1) is 19.8. The fraction of sp³-hybridized carbons (Fsp3) is 0.364. The Morgan fingerprint density at radius 3 is 2.49 bits per heavy atom. The van der Waals surface area contributed by atoms with Crippen LogP contribution >= 0.6 is 0 Å². The first-order valence-corrected chi connectivity index (χ1v) is 14.4. The van der Waals surface area contributed by atoms with Crippen molar-refractivity contribution in [3.05, 3.63) is 112 Å². The van der Waals surface area contributed by atoms with Gasteiger partial charge in [-0.3, -0.25) is 14.9 Å². The van der Waals surface area contributed by atoms with Crippen molar-refractivity contribution in [2.75, 3.05) is 19.6 Å². The van der Waals surface area contributed by atoms with E-state index in [2.05, 4.69) is 28.6 Å². The minimum absolute atomic E-state index is 0.00673. The lowest BCUT2D eigenvalue weighted by Gasteiger charge is -2.21. The maximum absolute atomic E-state index is 13.5. The normalized spacial score (nSPS) is 12.9. The summed E-state index contributed by atoms with van der Waals surface area (Å²) in [6, 6.07) is 20.9. The molecule has 0 radical (unpaired) electrons. The van der Waals surface area contributed by atoms with Gasteiger partial charge in [-0.25, -0.2) is 4.39 Å². The minimum atomic E-state index is -0.406. The lowest BCUT2D eigenvalue weighted by atomic mass is 9.87. The van der Waals surface area contributed by atoms with Crippen LogP contribution < -0.4 is 5.32 Å². The molecule has 41 heavy (non-hydrogen) atoms. The molecule has 4 rings (SSSR count). The third-order valence-corrected chi connectivity index (χ3v) is 7.75. The van der Waals surface area contributed by atoms with Gasteiger partial charge >= 0.3 is 0 Å². The number of nitro groups is 1. The SMILES string of the molecule is CCN(CC)CCC[C@H](C)NC(=O)C[C@@H](c1cccc([N+](=O)[O-])c1)c1cn(Cc2ccc(F)cc2)c2ccccc12. The molecule has 8 heteroatoms. The number of non-ortho nitro benzene ring substituents is 1. The van der Waals surface area contributed by atoms with Crippen molar-refractivity contribution in [1.82, 2.24) is 14.8 Å². The van der Waals surface area contributed by atoms with Crippen molar-refractivity contribution >= 4 is 22.5 Å². The molecule has 0 spiro atoms. The number of benzene rings is 3. The topological polar surface area (TPSA) is 80.4 Å². The molecule has 1 aromatic heterocycles. The molecule has 1 amide bonds. The highest BCUT2D eigenvalue weighted by atomic mass is 19.1. The number of halogens is 1. The molecule has 0 fully saturated rings. The van der Waals surface area contributed by atoms with Gasteiger partial charge in [0.1, 0.15) is 5.82 Å². The number of aromatic nitrogens is 1. The Hall–Kier alpha value is -4.04. The van der Waals surface area contributed by atoms with Crippen LogP contribution in [0.2, 0.25) is 0 Å². The predicted octanol–water partition coefficient (Wildman–Crippen LogP) is 6.89. The predicted molar refractivity (Wildman–Crippen MR) is 162 cm³/mol. The number of nitro benzene ring substituents is 1. The Kier molecular flexibility index (Phi) is 10.2. The van der Waals surface area contributed by atoms with Gasteiger partial charge < -0.3 is 14.8 Å². The minimum Gasteiger partial charge on any atom is -0.354 e. The van der Waals surface area contributed by atoms with Crippen LogP contribution in [0.4, 0.5) is 10.1 Å². The van der Waals surface area contributed by atoms with Crippen LogP contribution in [0.1, 0.15) is 62.6 Å². The molecule has 4 aromatic rings. The average Bonchev–Trinajstić information content (AvgIpc) is 3.33. The molecule has 0 aliphatic carbocycles. The van der Waals surface area contributed by atoms with E-state index in [9.17, 15) is 19.3 Å². The average molecular weight is 559 g/mol. The zero-order valence-corrected chi connectivity index (χ0v) is 24.1. The van der Waals surface area contributed by atoms with Gasteiger partial charge in [-0.1, -0.05) is 56.3 Å². The summed E-state index contributed by atoms with van der Waals surface area (Å²) in [4.78, 5) is 27.0. The van der Waals surface area contributed by atoms with Gasteiger partial charge in [0.25, 0.3) is 5.69 Å². The lowest BCUT2D eigenvalue weighted by molar-refractivity contribution is -0.384. The van der Waals surface area contributed by atoms with Gasteiger partial charge in [0.15, 0.2) is 0 Å². The number of nitrogens with one attached hydrogen (secondary N) is 1. The van der Waals surface area contributed by atoms with Gasteiger partial charge in [-0.15, -0.1) is 0 Å². The van der Waals surface area contributed by atoms with Crippen molar-refractivity contribution in [1.29, 1.82) is 0 Å². The van der Waals surface area contributed by atoms with Crippen molar-refractivity contribution in [3.63, 3.8) is 0 Å². The van der Waals surface area contributed by atoms with Crippen molar-refractivity contribution in [2.24, 2.45) is 0 Å². The second-order valence-electron chi connectivity index (χ2n) is 10.6. The Bertz CT molecular complexity index is 1460. The summed E-state index contributed by atoms with van der Waals surface area (Å²) in [5, 5.41) is 15.7. The quantitative estimate of drug-likeness (QED) is 0.135. The Balaban J connectivity index is 1.63. The summed E-state index contributed by atoms with van der Waals surface area (Å²) in [6.07, 6.45) is 4.05. The van der Waals surface area contributed by atoms with Gasteiger partial charge in [0, 0.05) is 54.2 Å². The van der Waals surface area contributed by atoms with Gasteiger partial charge in [-0.05, 0) is 74.3 Å². The van der Waals surface area contributed by atoms with Crippen molar-refractivity contribution < 1.29 is 14.1 Å². The molecule has 0 saturated heterocycles. The number of hydrogen-bond acceptors (Lipinski definition) is 4. The Labute approximate surface area is 241 Å². The second-order valence-corrected chi connectivity index (χ2v) is 10.6. The molecular weight excluding hydrogens is 519 g/mol. The van der Waals surface area contributed by atoms with E-state index in [1.807, 2.05) is 43.5 Å². The maximum atomic E-state index is 13.5. The highest BCUT2D eigenvalue weighted by Crippen LogP contribution is 2.36. The lowest BCUT2D eigenvalue weighted by Crippen LogP contribution is -2.34. The molecule has 2 atom stereocenters. The van der Waals surface area contributed by atoms with E-state index in [1.54, 1.807) is 24.3 Å². The van der Waals surface area contributed by atoms with Crippen molar-refractivity contribution in [3.8, 4) is 0 Å². The molecule has 0 bridgehead atoms. The van der Waals surface area contributed by atoms with Crippen LogP contribution in [0, 0.1) is 15.9 Å². The molecule has 0 aliphatic rings. The van der Waals surface area contributed by atoms with E-state index in [1.165, 1.54) is 18.2 Å². The number of para-hydroxylation sites is 1. The number of rotatable bonds is 14. The van der Waals surface area contributed by atoms with E-state index in [0.29, 0.717) is 12.1 Å². The summed E-state index contributed by atoms with van der Waals surface area (Å²) in [5.41, 5.74) is 3.56. The number of hydrogen-bond donors (Lipinski definition) is 1. The van der Waals surface area contributed by atoms with E-state index >= 15 is 0 Å². The second kappa shape index (κ2) is 14.0. The molecular formula is C33H39FN4O3. The summed E-state index contributed by atoms with van der Waals surface area (Å²) in [7, 11) is 0. The van der Waals surface area contributed by atoms with E-state index < -0.39 is 10.8 Å². The smallest absolute Gasteiger partial charge is 0.269 e. The highest BCUT2D eigenvalue weighted by Gasteiger charge is 2.25. The van der Waals surface area contributed by atoms with Crippen LogP contribution in [0.25, 0.3) is 10.9 Å². The first kappa shape index (κ1) is 29.9. The van der Waals surface area contributed by atoms with Crippen LogP contribution in [0.15, 0.2) is 79.0 Å². The van der Waals surface area contributed by atoms with E-state index in [0.717, 1.165) is 54.5 Å². The van der Waals surface area contributed by atoms with E-state index in [4.69, 9.17) is 0 Å². The molecule has 1 heterocycles. The third kappa shape index (κ3) is 7.79. The number of carbonyl (C=O) groups excluding carboxylic acids is 1. The van der Waals surface area contributed by atoms with Crippen molar-refractivity contribution in [2.45, 2.75) is 58.5 Å². The van der Waals surface area contributed by atoms with Crippen LogP contribution in [-0.2, 0) is 11.3 Å². The van der Waals surface area contributed by atoms with Crippen LogP contribution in [-0.4, -0.2) is 46.0 Å². The summed E-state index contributed by atoms with van der Waals surface area (Å²) in [6.45, 7) is 9.87. The monoisotopic (exact) mass is 558 g/mol. The number of fused-ring (bicyclic) bond motifs is 1. The molecule has 7 nitrogen and oxygen atoms in total. The number of amides is 1. The molecule has 216 valence electrons. The molecule has 3 aromatic carbocycles. The maximum Gasteiger partial charge on any atom is 0.269 e. The number of nitrogens with zero attached hydrogens (tertiary/aromatic N) is 3. The summed E-state index contributed by atoms with van der Waals surface area (Å²) >= 11 is 0. The van der Waals surface area contributed by atoms with Gasteiger partial charge in [-0.2, -0.15) is 0 Å². The highest BCUT2D eigenvalue weighted by molar-refractivity contribution is 5.87. The molecule has 0 unspecified atom stereocenters. The summed E-state index contributed by atoms with van der Waals surface area (Å²) in [5.74, 6) is -0.768. The van der Waals surface area contributed by atoms with Gasteiger partial charge in [0.2, 0.25) is 5.91 Å². The van der Waals surface area contributed by atoms with Gasteiger partial charge in [0.05, 0.1) is 4.92 Å². The standard InChI is InChI=1S/C33H39FN4O3/c1-4-36(5-2)19-9-10-24(3)35-33(39)21-30(26-11-8-12-28(20-26)38(40)41)31-23-37(32-14-7-6-13-29(31)32)22-25-15-17-27(34)18-16-25/h6-8,11-18,20,23-24,30H,4-5,9-10,19,21-22H2,1-3H3,(H,35,39)/t24-,30-/m0/s1. The zero-order valence-electron chi connectivity index (χ0n) is 24.1. The number of carbonyl (C=O) groups is 1. The summed E-state index contributed by atoms with van der Waals surface area (Å²) < 4.78 is 15.6. The Morgan fingerprint density at radius 1 is 1.05 bits per heavy atom. The zero-order chi connectivity index (χ0) is 29.4. The first-order valence-electron chi connectivity index (χ1n) is 14.4. The Morgan fingerprint density at radius 2 is 1.78 bits per heavy atom. The molecule has 0 aliphatic heterocycles.